The Hall–Kier alpha value is -4.43. The zero-order chi connectivity index (χ0) is 29.8. The van der Waals surface area contributed by atoms with Gasteiger partial charge in [-0.3, -0.25) is 19.9 Å². The van der Waals surface area contributed by atoms with E-state index in [9.17, 15) is 31.7 Å². The highest BCUT2D eigenvalue weighted by Crippen LogP contribution is 2.36. The summed E-state index contributed by atoms with van der Waals surface area (Å²) in [6.45, 7) is 3.31. The van der Waals surface area contributed by atoms with Gasteiger partial charge in [-0.1, -0.05) is 13.8 Å². The molecule has 0 atom stereocenters. The van der Waals surface area contributed by atoms with Gasteiger partial charge in [0.15, 0.2) is 19.7 Å². The third-order valence-electron chi connectivity index (χ3n) is 6.13. The summed E-state index contributed by atoms with van der Waals surface area (Å²) in [5.74, 6) is -1.63. The van der Waals surface area contributed by atoms with Gasteiger partial charge in [-0.2, -0.15) is 5.10 Å². The minimum atomic E-state index is -4.23. The number of nitrogens with one attached hydrogen (secondary N) is 1. The Morgan fingerprint density at radius 2 is 1.56 bits per heavy atom. The Morgan fingerprint density at radius 3 is 2.15 bits per heavy atom. The van der Waals surface area contributed by atoms with Crippen molar-refractivity contribution in [1.29, 1.82) is 0 Å². The smallest absolute Gasteiger partial charge is 0.289 e. The highest BCUT2D eigenvalue weighted by atomic mass is 32.2. The number of hydrazone groups is 1. The predicted octanol–water partition coefficient (Wildman–Crippen LogP) is 4.04. The van der Waals surface area contributed by atoms with Crippen LogP contribution in [0.2, 0.25) is 0 Å². The molecule has 214 valence electrons. The minimum absolute atomic E-state index is 0.0481. The van der Waals surface area contributed by atoms with Crippen LogP contribution in [0.5, 0.6) is 0 Å². The second-order valence-corrected chi connectivity index (χ2v) is 13.2. The van der Waals surface area contributed by atoms with Crippen molar-refractivity contribution in [2.24, 2.45) is 5.10 Å². The number of hydrogen-bond acceptors (Lipinski definition) is 9. The summed E-state index contributed by atoms with van der Waals surface area (Å²) in [4.78, 5) is 26.8. The molecule has 0 radical (unpaired) electrons. The molecule has 4 rings (SSSR count). The van der Waals surface area contributed by atoms with Gasteiger partial charge >= 0.3 is 0 Å². The van der Waals surface area contributed by atoms with Gasteiger partial charge in [0.2, 0.25) is 0 Å². The Morgan fingerprint density at radius 1 is 0.951 bits per heavy atom. The van der Waals surface area contributed by atoms with Crippen molar-refractivity contribution in [3.63, 3.8) is 0 Å². The average Bonchev–Trinajstić information content (AvgIpc) is 3.30. The number of fused-ring (bicyclic) bond motifs is 1. The van der Waals surface area contributed by atoms with E-state index in [2.05, 4.69) is 15.5 Å². The maximum Gasteiger partial charge on any atom is 0.289 e. The molecule has 0 bridgehead atoms. The van der Waals surface area contributed by atoms with Crippen molar-refractivity contribution in [1.82, 2.24) is 14.8 Å². The molecule has 0 aliphatic carbocycles. The molecule has 0 spiro atoms. The van der Waals surface area contributed by atoms with E-state index in [0.717, 1.165) is 5.56 Å². The lowest BCUT2D eigenvalue weighted by Gasteiger charge is -2.08. The van der Waals surface area contributed by atoms with Crippen LogP contribution < -0.4 is 5.43 Å². The lowest BCUT2D eigenvalue weighted by Crippen LogP contribution is -2.23. The van der Waals surface area contributed by atoms with Crippen molar-refractivity contribution >= 4 is 43.0 Å². The molecule has 0 unspecified atom stereocenters. The number of rotatable bonds is 11. The first-order chi connectivity index (χ1) is 19.5. The van der Waals surface area contributed by atoms with Crippen LogP contribution in [-0.2, 0) is 19.7 Å². The number of nitro benzene ring substituents is 1. The van der Waals surface area contributed by atoms with Crippen LogP contribution in [0.15, 0.2) is 82.0 Å². The fraction of sp³-hybridized carbons (Fsp3) is 0.222. The Balaban J connectivity index is 1.91. The first-order valence-corrected chi connectivity index (χ1v) is 15.9. The van der Waals surface area contributed by atoms with Gasteiger partial charge in [-0.25, -0.2) is 22.3 Å². The summed E-state index contributed by atoms with van der Waals surface area (Å²) >= 11 is 0. The Labute approximate surface area is 236 Å². The molecule has 0 aliphatic rings. The number of aromatic nitrogens is 2. The van der Waals surface area contributed by atoms with Crippen LogP contribution in [0.4, 0.5) is 5.69 Å². The van der Waals surface area contributed by atoms with Crippen LogP contribution >= 0.6 is 0 Å². The Bertz CT molecular complexity index is 1850. The second kappa shape index (κ2) is 12.0. The molecule has 0 aliphatic heterocycles. The largest absolute Gasteiger partial charge is 0.310 e. The third kappa shape index (κ3) is 6.18. The van der Waals surface area contributed by atoms with Crippen LogP contribution in [0, 0.1) is 10.1 Å². The summed E-state index contributed by atoms with van der Waals surface area (Å²) in [6, 6.07) is 12.0. The van der Waals surface area contributed by atoms with Crippen LogP contribution in [0.3, 0.4) is 0 Å². The minimum Gasteiger partial charge on any atom is -0.310 e. The molecule has 3 heterocycles. The monoisotopic (exact) mass is 597 g/mol. The molecule has 0 saturated heterocycles. The van der Waals surface area contributed by atoms with Crippen LogP contribution in [0.1, 0.15) is 42.7 Å². The van der Waals surface area contributed by atoms with Crippen molar-refractivity contribution < 1.29 is 26.6 Å². The van der Waals surface area contributed by atoms with Crippen LogP contribution in [0.25, 0.3) is 16.6 Å². The highest BCUT2D eigenvalue weighted by molar-refractivity contribution is 7.94. The van der Waals surface area contributed by atoms with E-state index >= 15 is 0 Å². The van der Waals surface area contributed by atoms with Crippen molar-refractivity contribution in [2.75, 3.05) is 11.5 Å². The number of nitrogens with zero attached hydrogens (tertiary/aromatic N) is 4. The van der Waals surface area contributed by atoms with E-state index in [1.165, 1.54) is 41.1 Å². The standard InChI is InChI=1S/C27H27N5O7S2/c1-3-15-40(36,37)25-23-17-21(20-9-12-28-13-10-20)11-14-31(23)24(26(25)41(38,39)16-4-2)27(33)30-29-18-19-5-7-22(8-6-19)32(34)35/h5-14,17-18H,3-4,15-16H2,1-2H3,(H,30,33)/b29-18-. The highest BCUT2D eigenvalue weighted by Gasteiger charge is 2.37. The molecule has 0 saturated carbocycles. The van der Waals surface area contributed by atoms with Crippen molar-refractivity contribution in [3.05, 3.63) is 88.5 Å². The van der Waals surface area contributed by atoms with E-state index in [1.807, 2.05) is 0 Å². The summed E-state index contributed by atoms with van der Waals surface area (Å²) in [6.07, 6.45) is 6.27. The van der Waals surface area contributed by atoms with E-state index in [0.29, 0.717) is 11.1 Å². The molecule has 1 amide bonds. The van der Waals surface area contributed by atoms with Crippen molar-refractivity contribution in [3.8, 4) is 11.1 Å². The topological polar surface area (TPSA) is 170 Å². The molecular formula is C27H27N5O7S2. The molecule has 0 fully saturated rings. The van der Waals surface area contributed by atoms with Gasteiger partial charge < -0.3 is 4.40 Å². The lowest BCUT2D eigenvalue weighted by molar-refractivity contribution is -0.384. The molecule has 4 aromatic rings. The maximum atomic E-state index is 13.6. The SMILES string of the molecule is CCCS(=O)(=O)c1c(S(=O)(=O)CCC)c2cc(-c3ccncc3)ccn2c1C(=O)N/N=C\c1ccc([N+](=O)[O-])cc1. The fourth-order valence-electron chi connectivity index (χ4n) is 4.37. The number of sulfone groups is 2. The summed E-state index contributed by atoms with van der Waals surface area (Å²) in [5, 5.41) is 14.8. The predicted molar refractivity (Wildman–Crippen MR) is 153 cm³/mol. The summed E-state index contributed by atoms with van der Waals surface area (Å²) < 4.78 is 55.6. The van der Waals surface area contributed by atoms with Crippen LogP contribution in [-0.4, -0.2) is 54.8 Å². The van der Waals surface area contributed by atoms with Gasteiger partial charge in [-0.15, -0.1) is 0 Å². The quantitative estimate of drug-likeness (QED) is 0.153. The second-order valence-electron chi connectivity index (χ2n) is 9.10. The van der Waals surface area contributed by atoms with Crippen molar-refractivity contribution in [2.45, 2.75) is 36.5 Å². The van der Waals surface area contributed by atoms with E-state index in [-0.39, 0.29) is 41.2 Å². The molecule has 3 aromatic heterocycles. The van der Waals surface area contributed by atoms with Gasteiger partial charge in [0.05, 0.1) is 28.2 Å². The number of carbonyl (C=O) groups is 1. The third-order valence-corrected chi connectivity index (χ3v) is 10.2. The van der Waals surface area contributed by atoms with E-state index in [4.69, 9.17) is 0 Å². The number of non-ortho nitro benzene ring substituents is 1. The number of benzene rings is 1. The molecule has 41 heavy (non-hydrogen) atoms. The number of nitro groups is 1. The Kier molecular flexibility index (Phi) is 8.63. The molecule has 12 nitrogen and oxygen atoms in total. The normalized spacial score (nSPS) is 12.1. The maximum absolute atomic E-state index is 13.6. The number of carbonyl (C=O) groups excluding carboxylic acids is 1. The summed E-state index contributed by atoms with van der Waals surface area (Å²) in [5.41, 5.74) is 3.58. The zero-order valence-corrected chi connectivity index (χ0v) is 23.9. The lowest BCUT2D eigenvalue weighted by atomic mass is 10.1. The first-order valence-electron chi connectivity index (χ1n) is 12.6. The van der Waals surface area contributed by atoms with E-state index < -0.39 is 40.3 Å². The van der Waals surface area contributed by atoms with E-state index in [1.54, 1.807) is 50.5 Å². The first kappa shape index (κ1) is 29.6. The number of pyridine rings is 2. The van der Waals surface area contributed by atoms with Gasteiger partial charge in [0.1, 0.15) is 15.5 Å². The fourth-order valence-corrected chi connectivity index (χ4v) is 8.34. The average molecular weight is 598 g/mol. The van der Waals surface area contributed by atoms with Gasteiger partial charge in [0.25, 0.3) is 11.6 Å². The molecular weight excluding hydrogens is 570 g/mol. The molecule has 1 aromatic carbocycles. The summed E-state index contributed by atoms with van der Waals surface area (Å²) in [7, 11) is -8.38. The van der Waals surface area contributed by atoms with Gasteiger partial charge in [0, 0.05) is 30.7 Å². The number of hydrogen-bond donors (Lipinski definition) is 1. The zero-order valence-electron chi connectivity index (χ0n) is 22.2. The molecule has 14 heteroatoms. The van der Waals surface area contributed by atoms with Gasteiger partial charge in [-0.05, 0) is 65.9 Å². The number of amides is 1. The molecule has 1 N–H and O–H groups in total.